The van der Waals surface area contributed by atoms with E-state index in [0.717, 1.165) is 22.7 Å². The Kier molecular flexibility index (Phi) is 4.26. The summed E-state index contributed by atoms with van der Waals surface area (Å²) in [4.78, 5) is 0. The smallest absolute Gasteiger partial charge is 0.0326 e. The van der Waals surface area contributed by atoms with Crippen LogP contribution in [0.1, 0.15) is 54.7 Å². The van der Waals surface area contributed by atoms with Gasteiger partial charge in [-0.3, -0.25) is 0 Å². The van der Waals surface area contributed by atoms with E-state index in [9.17, 15) is 0 Å². The number of hydrogen-bond acceptors (Lipinski definition) is 1. The maximum atomic E-state index is 5.76. The largest absolute Gasteiger partial charge is 0.399 e. The molecule has 1 nitrogen and oxygen atoms in total. The fraction of sp³-hybridized carbons (Fsp3) is 0.300. The van der Waals surface area contributed by atoms with Crippen LogP contribution in [0.2, 0.25) is 0 Å². The molecule has 0 amide bonds. The van der Waals surface area contributed by atoms with Crippen molar-refractivity contribution in [2.75, 3.05) is 5.73 Å². The first-order valence-corrected chi connectivity index (χ1v) is 7.79. The van der Waals surface area contributed by atoms with E-state index in [1.54, 1.807) is 0 Å². The van der Waals surface area contributed by atoms with Gasteiger partial charge in [0.2, 0.25) is 0 Å². The molecule has 2 N–H and O–H groups in total. The molecule has 106 valence electrons. The van der Waals surface area contributed by atoms with Crippen molar-refractivity contribution in [2.24, 2.45) is 0 Å². The molecule has 0 unspecified atom stereocenters. The minimum absolute atomic E-state index is 0.759. The van der Waals surface area contributed by atoms with Crippen molar-refractivity contribution in [3.8, 4) is 11.8 Å². The Labute approximate surface area is 127 Å². The molecule has 0 aliphatic heterocycles. The second kappa shape index (κ2) is 6.50. The zero-order valence-electron chi connectivity index (χ0n) is 12.3. The Bertz CT molecular complexity index is 652. The average Bonchev–Trinajstić information content (AvgIpc) is 2.54. The first-order valence-electron chi connectivity index (χ1n) is 7.79. The zero-order valence-corrected chi connectivity index (χ0v) is 12.3. The number of anilines is 1. The second-order valence-electron chi connectivity index (χ2n) is 5.83. The number of rotatable bonds is 1. The fourth-order valence-corrected chi connectivity index (χ4v) is 3.04. The van der Waals surface area contributed by atoms with E-state index in [1.165, 1.54) is 37.7 Å². The molecule has 1 aliphatic carbocycles. The SMILES string of the molecule is Nc1cccc(C#Cc2ccc(C3CCCCC3)cc2)c1. The molecule has 2 aromatic carbocycles. The highest BCUT2D eigenvalue weighted by Crippen LogP contribution is 2.32. The number of hydrogen-bond donors (Lipinski definition) is 1. The van der Waals surface area contributed by atoms with E-state index < -0.39 is 0 Å². The molecule has 1 aliphatic rings. The van der Waals surface area contributed by atoms with Gasteiger partial charge < -0.3 is 5.73 Å². The van der Waals surface area contributed by atoms with E-state index in [-0.39, 0.29) is 0 Å². The molecular weight excluding hydrogens is 254 g/mol. The molecule has 0 bridgehead atoms. The van der Waals surface area contributed by atoms with Crippen molar-refractivity contribution in [1.29, 1.82) is 0 Å². The topological polar surface area (TPSA) is 26.0 Å². The Morgan fingerprint density at radius 1 is 0.810 bits per heavy atom. The van der Waals surface area contributed by atoms with Crippen LogP contribution in [0.4, 0.5) is 5.69 Å². The van der Waals surface area contributed by atoms with Gasteiger partial charge in [-0.1, -0.05) is 49.3 Å². The van der Waals surface area contributed by atoms with Crippen molar-refractivity contribution < 1.29 is 0 Å². The first-order chi connectivity index (χ1) is 10.3. The maximum absolute atomic E-state index is 5.76. The molecule has 2 aromatic rings. The van der Waals surface area contributed by atoms with E-state index in [1.807, 2.05) is 24.3 Å². The van der Waals surface area contributed by atoms with Gasteiger partial charge in [-0.2, -0.15) is 0 Å². The molecule has 3 rings (SSSR count). The summed E-state index contributed by atoms with van der Waals surface area (Å²) in [5, 5.41) is 0. The van der Waals surface area contributed by atoms with Crippen LogP contribution in [0.25, 0.3) is 0 Å². The predicted molar refractivity (Wildman–Crippen MR) is 89.1 cm³/mol. The van der Waals surface area contributed by atoms with Crippen LogP contribution in [-0.2, 0) is 0 Å². The Balaban J connectivity index is 1.73. The van der Waals surface area contributed by atoms with E-state index in [0.29, 0.717) is 0 Å². The highest BCUT2D eigenvalue weighted by Gasteiger charge is 2.14. The summed E-state index contributed by atoms with van der Waals surface area (Å²) in [5.74, 6) is 7.14. The summed E-state index contributed by atoms with van der Waals surface area (Å²) in [5.41, 5.74) is 10.0. The van der Waals surface area contributed by atoms with Gasteiger partial charge in [0.05, 0.1) is 0 Å². The molecule has 1 fully saturated rings. The van der Waals surface area contributed by atoms with Crippen molar-refractivity contribution >= 4 is 5.69 Å². The third-order valence-electron chi connectivity index (χ3n) is 4.23. The van der Waals surface area contributed by atoms with E-state index in [4.69, 9.17) is 5.73 Å². The Hall–Kier alpha value is -2.20. The van der Waals surface area contributed by atoms with Crippen molar-refractivity contribution in [3.05, 3.63) is 65.2 Å². The maximum Gasteiger partial charge on any atom is 0.0326 e. The summed E-state index contributed by atoms with van der Waals surface area (Å²) in [7, 11) is 0. The summed E-state index contributed by atoms with van der Waals surface area (Å²) >= 11 is 0. The van der Waals surface area contributed by atoms with Crippen LogP contribution >= 0.6 is 0 Å². The number of nitrogen functional groups attached to an aromatic ring is 1. The van der Waals surface area contributed by atoms with Gasteiger partial charge in [0.25, 0.3) is 0 Å². The minimum atomic E-state index is 0.759. The molecule has 0 saturated heterocycles. The molecule has 0 atom stereocenters. The summed E-state index contributed by atoms with van der Waals surface area (Å²) < 4.78 is 0. The average molecular weight is 275 g/mol. The first kappa shape index (κ1) is 13.8. The molecule has 0 radical (unpaired) electrons. The molecule has 1 saturated carbocycles. The van der Waals surface area contributed by atoms with Gasteiger partial charge in [0.1, 0.15) is 0 Å². The molecule has 0 aromatic heterocycles. The predicted octanol–water partition coefficient (Wildman–Crippen LogP) is 4.72. The lowest BCUT2D eigenvalue weighted by atomic mass is 9.84. The summed E-state index contributed by atoms with van der Waals surface area (Å²) in [6.07, 6.45) is 6.84. The van der Waals surface area contributed by atoms with E-state index >= 15 is 0 Å². The summed E-state index contributed by atoms with van der Waals surface area (Å²) in [6, 6.07) is 16.5. The molecular formula is C20H21N. The van der Waals surface area contributed by atoms with E-state index in [2.05, 4.69) is 36.1 Å². The van der Waals surface area contributed by atoms with Crippen molar-refractivity contribution in [2.45, 2.75) is 38.0 Å². The van der Waals surface area contributed by atoms with Crippen LogP contribution in [0.3, 0.4) is 0 Å². The van der Waals surface area contributed by atoms with Gasteiger partial charge in [0.15, 0.2) is 0 Å². The van der Waals surface area contributed by atoms with Gasteiger partial charge in [-0.05, 0) is 54.7 Å². The van der Waals surface area contributed by atoms with Crippen LogP contribution in [0.15, 0.2) is 48.5 Å². The van der Waals surface area contributed by atoms with Crippen LogP contribution < -0.4 is 5.73 Å². The Morgan fingerprint density at radius 2 is 1.52 bits per heavy atom. The molecule has 1 heteroatoms. The lowest BCUT2D eigenvalue weighted by molar-refractivity contribution is 0.443. The molecule has 0 heterocycles. The van der Waals surface area contributed by atoms with Crippen LogP contribution in [-0.4, -0.2) is 0 Å². The number of benzene rings is 2. The molecule has 0 spiro atoms. The lowest BCUT2D eigenvalue weighted by Crippen LogP contribution is -2.04. The van der Waals surface area contributed by atoms with Gasteiger partial charge in [-0.15, -0.1) is 0 Å². The third kappa shape index (κ3) is 3.67. The van der Waals surface area contributed by atoms with Crippen molar-refractivity contribution in [3.63, 3.8) is 0 Å². The number of nitrogens with two attached hydrogens (primary N) is 1. The summed E-state index contributed by atoms with van der Waals surface area (Å²) in [6.45, 7) is 0. The molecule has 21 heavy (non-hydrogen) atoms. The normalized spacial score (nSPS) is 15.2. The highest BCUT2D eigenvalue weighted by molar-refractivity contribution is 5.49. The second-order valence-corrected chi connectivity index (χ2v) is 5.83. The zero-order chi connectivity index (χ0) is 14.5. The van der Waals surface area contributed by atoms with Crippen LogP contribution in [0, 0.1) is 11.8 Å². The fourth-order valence-electron chi connectivity index (χ4n) is 3.04. The van der Waals surface area contributed by atoms with Gasteiger partial charge in [-0.25, -0.2) is 0 Å². The monoisotopic (exact) mass is 275 g/mol. The quantitative estimate of drug-likeness (QED) is 0.591. The minimum Gasteiger partial charge on any atom is -0.399 e. The standard InChI is InChI=1S/C20H21N/c21-20-8-4-5-17(15-20)10-9-16-11-13-19(14-12-16)18-6-2-1-3-7-18/h4-5,8,11-15,18H,1-3,6-7,21H2. The lowest BCUT2D eigenvalue weighted by Gasteiger charge is -2.21. The van der Waals surface area contributed by atoms with Crippen LogP contribution in [0.5, 0.6) is 0 Å². The van der Waals surface area contributed by atoms with Gasteiger partial charge in [0, 0.05) is 16.8 Å². The van der Waals surface area contributed by atoms with Gasteiger partial charge >= 0.3 is 0 Å². The van der Waals surface area contributed by atoms with Crippen molar-refractivity contribution in [1.82, 2.24) is 0 Å². The Morgan fingerprint density at radius 3 is 2.24 bits per heavy atom. The third-order valence-corrected chi connectivity index (χ3v) is 4.23. The highest BCUT2D eigenvalue weighted by atomic mass is 14.5.